The lowest BCUT2D eigenvalue weighted by Crippen LogP contribution is -2.29. The van der Waals surface area contributed by atoms with E-state index in [0.717, 1.165) is 0 Å². The van der Waals surface area contributed by atoms with Gasteiger partial charge in [0, 0.05) is 5.56 Å². The van der Waals surface area contributed by atoms with Crippen molar-refractivity contribution in [1.82, 2.24) is 10.2 Å². The van der Waals surface area contributed by atoms with Crippen LogP contribution < -0.4 is 19.1 Å². The van der Waals surface area contributed by atoms with Crippen LogP contribution in [0, 0.1) is 6.92 Å². The predicted molar refractivity (Wildman–Crippen MR) is 124 cm³/mol. The van der Waals surface area contributed by atoms with E-state index >= 15 is 0 Å². The lowest BCUT2D eigenvalue weighted by molar-refractivity contribution is -0.132. The number of aliphatic hydroxyl groups excluding tert-OH is 1. The van der Waals surface area contributed by atoms with Crippen molar-refractivity contribution in [3.8, 4) is 17.2 Å². The number of carbonyl (C=O) groups excluding carboxylic acids is 2. The first-order valence-corrected chi connectivity index (χ1v) is 11.5. The van der Waals surface area contributed by atoms with Gasteiger partial charge in [0.05, 0.1) is 18.2 Å². The molecule has 0 radical (unpaired) electrons. The SMILES string of the molecule is CCOc1ccc([C@H]2/C(=C(\O)c3ccc4c(c3)OCCO4)C(=O)C(=O)N2c2nnc(C)s2)cc1. The number of ketones is 1. The molecule has 1 amide bonds. The van der Waals surface area contributed by atoms with Crippen molar-refractivity contribution in [1.29, 1.82) is 0 Å². The monoisotopic (exact) mass is 479 g/mol. The van der Waals surface area contributed by atoms with Gasteiger partial charge in [-0.15, -0.1) is 10.2 Å². The van der Waals surface area contributed by atoms with E-state index < -0.39 is 17.7 Å². The zero-order chi connectivity index (χ0) is 23.8. The molecule has 10 heteroatoms. The number of benzene rings is 2. The molecule has 1 aromatic heterocycles. The summed E-state index contributed by atoms with van der Waals surface area (Å²) in [7, 11) is 0. The van der Waals surface area contributed by atoms with E-state index in [1.807, 2.05) is 6.92 Å². The van der Waals surface area contributed by atoms with Gasteiger partial charge >= 0.3 is 5.91 Å². The lowest BCUT2D eigenvalue weighted by Gasteiger charge is -2.23. The summed E-state index contributed by atoms with van der Waals surface area (Å²) in [6.45, 7) is 4.96. The quantitative estimate of drug-likeness (QED) is 0.335. The molecule has 9 nitrogen and oxygen atoms in total. The molecule has 0 bridgehead atoms. The summed E-state index contributed by atoms with van der Waals surface area (Å²) in [6.07, 6.45) is 0. The van der Waals surface area contributed by atoms with Gasteiger partial charge in [-0.25, -0.2) is 0 Å². The number of fused-ring (bicyclic) bond motifs is 1. The average molecular weight is 480 g/mol. The Kier molecular flexibility index (Phi) is 5.66. The molecule has 1 N–H and O–H groups in total. The van der Waals surface area contributed by atoms with Crippen LogP contribution in [0.25, 0.3) is 5.76 Å². The Morgan fingerprint density at radius 2 is 1.85 bits per heavy atom. The number of carbonyl (C=O) groups is 2. The van der Waals surface area contributed by atoms with E-state index in [2.05, 4.69) is 10.2 Å². The van der Waals surface area contributed by atoms with Crippen LogP contribution in [-0.2, 0) is 9.59 Å². The van der Waals surface area contributed by atoms with Gasteiger partial charge < -0.3 is 19.3 Å². The molecule has 174 valence electrons. The van der Waals surface area contributed by atoms with Gasteiger partial charge in [0.25, 0.3) is 5.78 Å². The zero-order valence-electron chi connectivity index (χ0n) is 18.5. The van der Waals surface area contributed by atoms with Crippen molar-refractivity contribution in [2.75, 3.05) is 24.7 Å². The van der Waals surface area contributed by atoms with Gasteiger partial charge in [-0.3, -0.25) is 14.5 Å². The molecule has 1 saturated heterocycles. The molecule has 1 atom stereocenters. The predicted octanol–water partition coefficient (Wildman–Crippen LogP) is 3.64. The number of aliphatic hydroxyl groups is 1. The van der Waals surface area contributed by atoms with Crippen molar-refractivity contribution in [3.05, 3.63) is 64.2 Å². The molecule has 0 spiro atoms. The highest BCUT2D eigenvalue weighted by molar-refractivity contribution is 7.15. The van der Waals surface area contributed by atoms with Crippen LogP contribution >= 0.6 is 11.3 Å². The first-order chi connectivity index (χ1) is 16.5. The number of anilines is 1. The van der Waals surface area contributed by atoms with Crippen molar-refractivity contribution in [2.24, 2.45) is 0 Å². The number of amides is 1. The minimum absolute atomic E-state index is 0.0429. The van der Waals surface area contributed by atoms with Crippen molar-refractivity contribution < 1.29 is 28.9 Å². The Balaban J connectivity index is 1.65. The van der Waals surface area contributed by atoms with Crippen molar-refractivity contribution in [2.45, 2.75) is 19.9 Å². The van der Waals surface area contributed by atoms with Crippen LogP contribution in [0.3, 0.4) is 0 Å². The fourth-order valence-corrected chi connectivity index (χ4v) is 4.70. The number of hydrogen-bond acceptors (Lipinski definition) is 9. The topological polar surface area (TPSA) is 111 Å². The molecular formula is C24H21N3O6S. The minimum Gasteiger partial charge on any atom is -0.507 e. The van der Waals surface area contributed by atoms with Gasteiger partial charge in [0.15, 0.2) is 11.5 Å². The number of aromatic nitrogens is 2. The summed E-state index contributed by atoms with van der Waals surface area (Å²) < 4.78 is 16.7. The van der Waals surface area contributed by atoms with E-state index in [1.54, 1.807) is 49.4 Å². The Hall–Kier alpha value is -3.92. The number of ether oxygens (including phenoxy) is 3. The summed E-state index contributed by atoms with van der Waals surface area (Å²) in [5.41, 5.74) is 0.917. The molecule has 0 unspecified atom stereocenters. The molecule has 2 aromatic carbocycles. The van der Waals surface area contributed by atoms with Gasteiger partial charge in [0.2, 0.25) is 5.13 Å². The van der Waals surface area contributed by atoms with Gasteiger partial charge in [-0.05, 0) is 49.7 Å². The second-order valence-electron chi connectivity index (χ2n) is 7.63. The van der Waals surface area contributed by atoms with Crippen LogP contribution in [0.2, 0.25) is 0 Å². The summed E-state index contributed by atoms with van der Waals surface area (Å²) in [6, 6.07) is 11.0. The molecule has 5 rings (SSSR count). The average Bonchev–Trinajstić information content (AvgIpc) is 3.39. The lowest BCUT2D eigenvalue weighted by atomic mass is 9.95. The number of aryl methyl sites for hydroxylation is 1. The molecule has 2 aliphatic rings. The number of Topliss-reactive ketones (excluding diaryl/α,β-unsaturated/α-hetero) is 1. The van der Waals surface area contributed by atoms with Crippen LogP contribution in [0.4, 0.5) is 5.13 Å². The number of nitrogens with zero attached hydrogens (tertiary/aromatic N) is 3. The van der Waals surface area contributed by atoms with Crippen molar-refractivity contribution >= 4 is 33.9 Å². The first-order valence-electron chi connectivity index (χ1n) is 10.7. The maximum absolute atomic E-state index is 13.2. The minimum atomic E-state index is -0.892. The highest BCUT2D eigenvalue weighted by Gasteiger charge is 2.48. The summed E-state index contributed by atoms with van der Waals surface area (Å²) in [5.74, 6) is -0.231. The fourth-order valence-electron chi connectivity index (χ4n) is 3.99. The van der Waals surface area contributed by atoms with Crippen LogP contribution in [0.15, 0.2) is 48.0 Å². The highest BCUT2D eigenvalue weighted by atomic mass is 32.1. The van der Waals surface area contributed by atoms with Crippen LogP contribution in [0.1, 0.15) is 29.1 Å². The molecule has 2 aliphatic heterocycles. The maximum atomic E-state index is 13.2. The molecule has 3 aromatic rings. The Bertz CT molecular complexity index is 1300. The summed E-state index contributed by atoms with van der Waals surface area (Å²) in [4.78, 5) is 27.7. The van der Waals surface area contributed by atoms with E-state index in [-0.39, 0.29) is 16.5 Å². The van der Waals surface area contributed by atoms with Gasteiger partial charge in [0.1, 0.15) is 29.7 Å². The van der Waals surface area contributed by atoms with E-state index in [1.165, 1.54) is 16.2 Å². The van der Waals surface area contributed by atoms with Crippen LogP contribution in [0.5, 0.6) is 17.2 Å². The largest absolute Gasteiger partial charge is 0.507 e. The third-order valence-electron chi connectivity index (χ3n) is 5.49. The standard InChI is InChI=1S/C24H21N3O6S/c1-3-31-16-7-4-14(5-8-16)20-19(22(29)23(30)27(20)24-26-25-13(2)34-24)21(28)15-6-9-17-18(12-15)33-11-10-32-17/h4-9,12,20,28H,3,10-11H2,1-2H3/b21-19+/t20-/m0/s1. The summed E-state index contributed by atoms with van der Waals surface area (Å²) in [5, 5.41) is 20.3. The maximum Gasteiger partial charge on any atom is 0.301 e. The smallest absolute Gasteiger partial charge is 0.301 e. The zero-order valence-corrected chi connectivity index (χ0v) is 19.3. The first kappa shape index (κ1) is 21.9. The third kappa shape index (κ3) is 3.75. The molecule has 0 aliphatic carbocycles. The molecule has 0 saturated carbocycles. The Labute approximate surface area is 199 Å². The van der Waals surface area contributed by atoms with Crippen molar-refractivity contribution in [3.63, 3.8) is 0 Å². The number of hydrogen-bond donors (Lipinski definition) is 1. The normalized spacial score (nSPS) is 18.9. The fraction of sp³-hybridized carbons (Fsp3) is 0.250. The van der Waals surface area contributed by atoms with Crippen LogP contribution in [-0.4, -0.2) is 46.8 Å². The van der Waals surface area contributed by atoms with E-state index in [0.29, 0.717) is 53.2 Å². The molecule has 34 heavy (non-hydrogen) atoms. The molecular weight excluding hydrogens is 458 g/mol. The Morgan fingerprint density at radius 3 is 2.53 bits per heavy atom. The van der Waals surface area contributed by atoms with E-state index in [4.69, 9.17) is 14.2 Å². The summed E-state index contributed by atoms with van der Waals surface area (Å²) >= 11 is 1.19. The molecule has 1 fully saturated rings. The van der Waals surface area contributed by atoms with Gasteiger partial charge in [-0.1, -0.05) is 23.5 Å². The second kappa shape index (κ2) is 8.79. The third-order valence-corrected chi connectivity index (χ3v) is 6.33. The van der Waals surface area contributed by atoms with E-state index in [9.17, 15) is 14.7 Å². The Morgan fingerprint density at radius 1 is 1.12 bits per heavy atom. The molecule has 3 heterocycles. The second-order valence-corrected chi connectivity index (χ2v) is 8.79. The highest BCUT2D eigenvalue weighted by Crippen LogP contribution is 2.44. The van der Waals surface area contributed by atoms with Gasteiger partial charge in [-0.2, -0.15) is 0 Å². The number of rotatable bonds is 5.